The maximum absolute atomic E-state index is 12.6. The molecule has 3 aliphatic rings. The predicted octanol–water partition coefficient (Wildman–Crippen LogP) is 2.27. The molecule has 29 heavy (non-hydrogen) atoms. The molecule has 2 aromatic rings. The van der Waals surface area contributed by atoms with Crippen LogP contribution in [0.4, 0.5) is 0 Å². The Bertz CT molecular complexity index is 982. The Balaban J connectivity index is 1.52. The van der Waals surface area contributed by atoms with Crippen molar-refractivity contribution in [2.24, 2.45) is 11.8 Å². The number of nitrogens with zero attached hydrogens (tertiary/aromatic N) is 1. The van der Waals surface area contributed by atoms with Crippen molar-refractivity contribution < 1.29 is 14.3 Å². The van der Waals surface area contributed by atoms with Crippen LogP contribution in [0.2, 0.25) is 0 Å². The molecule has 3 aliphatic heterocycles. The van der Waals surface area contributed by atoms with Crippen LogP contribution < -0.4 is 15.6 Å². The highest BCUT2D eigenvalue weighted by molar-refractivity contribution is 5.93. The van der Waals surface area contributed by atoms with E-state index in [-0.39, 0.29) is 24.0 Å². The van der Waals surface area contributed by atoms with Gasteiger partial charge < -0.3 is 14.5 Å². The first kappa shape index (κ1) is 18.5. The number of carbonyl (C=O) groups excluding carboxylic acids is 1. The molecule has 0 aliphatic carbocycles. The van der Waals surface area contributed by atoms with Crippen LogP contribution in [0, 0.1) is 11.8 Å². The Morgan fingerprint density at radius 2 is 2.24 bits per heavy atom. The third kappa shape index (κ3) is 2.91. The van der Waals surface area contributed by atoms with Gasteiger partial charge in [0.15, 0.2) is 0 Å². The molecule has 0 radical (unpaired) electrons. The van der Waals surface area contributed by atoms with E-state index in [1.807, 2.05) is 6.07 Å². The summed E-state index contributed by atoms with van der Waals surface area (Å²) in [5, 5.41) is 1.28. The summed E-state index contributed by atoms with van der Waals surface area (Å²) < 4.78 is 11.3. The lowest BCUT2D eigenvalue weighted by molar-refractivity contribution is -0.121. The minimum Gasteiger partial charge on any atom is -0.497 e. The fourth-order valence-corrected chi connectivity index (χ4v) is 5.44. The Kier molecular flexibility index (Phi) is 4.52. The number of methoxy groups -OCH3 is 1. The first-order valence-electron chi connectivity index (χ1n) is 10.4. The summed E-state index contributed by atoms with van der Waals surface area (Å²) >= 11 is 0. The number of hydrogen-bond donors (Lipinski definition) is 3. The molecule has 3 N–H and O–H groups in total. The zero-order chi connectivity index (χ0) is 20.1. The monoisotopic (exact) mass is 396 g/mol. The van der Waals surface area contributed by atoms with Crippen LogP contribution >= 0.6 is 0 Å². The van der Waals surface area contributed by atoms with Crippen LogP contribution in [-0.2, 0) is 16.0 Å². The summed E-state index contributed by atoms with van der Waals surface area (Å²) in [4.78, 5) is 18.9. The topological polar surface area (TPSA) is 78.6 Å². The number of ether oxygens (including phenoxy) is 2. The molecule has 1 saturated heterocycles. The zero-order valence-corrected chi connectivity index (χ0v) is 17.1. The number of rotatable bonds is 3. The third-order valence-electron chi connectivity index (χ3n) is 6.92. The van der Waals surface area contributed by atoms with Gasteiger partial charge in [-0.25, -0.2) is 5.43 Å². The van der Waals surface area contributed by atoms with E-state index in [2.05, 4.69) is 39.8 Å². The average molecular weight is 396 g/mol. The summed E-state index contributed by atoms with van der Waals surface area (Å²) in [6.45, 7) is 4.10. The lowest BCUT2D eigenvalue weighted by atomic mass is 9.72. The SMILES string of the molecule is CNNC(=O)C1=CO[C@@H](C)[C@H]2CN3CCc4c([nH]c5cc(OC)ccc45)C3CC12. The summed E-state index contributed by atoms with van der Waals surface area (Å²) in [7, 11) is 3.40. The van der Waals surface area contributed by atoms with Crippen molar-refractivity contribution in [3.05, 3.63) is 41.3 Å². The Morgan fingerprint density at radius 1 is 1.38 bits per heavy atom. The van der Waals surface area contributed by atoms with Crippen molar-refractivity contribution >= 4 is 16.8 Å². The van der Waals surface area contributed by atoms with E-state index < -0.39 is 0 Å². The summed E-state index contributed by atoms with van der Waals surface area (Å²) in [6, 6.07) is 6.55. The van der Waals surface area contributed by atoms with Gasteiger partial charge in [0.25, 0.3) is 5.91 Å². The molecule has 4 atom stereocenters. The second-order valence-corrected chi connectivity index (χ2v) is 8.31. The Labute approximate surface area is 170 Å². The molecule has 7 heteroatoms. The highest BCUT2D eigenvalue weighted by Gasteiger charge is 2.46. The van der Waals surface area contributed by atoms with E-state index in [0.717, 1.165) is 42.8 Å². The van der Waals surface area contributed by atoms with Crippen molar-refractivity contribution in [1.82, 2.24) is 20.7 Å². The fourth-order valence-electron chi connectivity index (χ4n) is 5.44. The van der Waals surface area contributed by atoms with Crippen molar-refractivity contribution in [2.45, 2.75) is 31.9 Å². The molecule has 0 saturated carbocycles. The number of benzene rings is 1. The summed E-state index contributed by atoms with van der Waals surface area (Å²) in [6.07, 6.45) is 3.74. The van der Waals surface area contributed by atoms with E-state index in [0.29, 0.717) is 5.92 Å². The number of hydrogen-bond acceptors (Lipinski definition) is 5. The fraction of sp³-hybridized carbons (Fsp3) is 0.500. The third-order valence-corrected chi connectivity index (χ3v) is 6.92. The van der Waals surface area contributed by atoms with E-state index in [1.54, 1.807) is 20.4 Å². The van der Waals surface area contributed by atoms with Gasteiger partial charge >= 0.3 is 0 Å². The van der Waals surface area contributed by atoms with Crippen molar-refractivity contribution in [3.8, 4) is 5.75 Å². The molecule has 1 aromatic carbocycles. The number of amides is 1. The highest BCUT2D eigenvalue weighted by Crippen LogP contribution is 2.47. The lowest BCUT2D eigenvalue weighted by Gasteiger charge is -2.49. The van der Waals surface area contributed by atoms with Crippen LogP contribution in [0.1, 0.15) is 30.6 Å². The van der Waals surface area contributed by atoms with Gasteiger partial charge in [-0.3, -0.25) is 15.1 Å². The molecule has 0 spiro atoms. The van der Waals surface area contributed by atoms with Crippen molar-refractivity contribution in [3.63, 3.8) is 0 Å². The lowest BCUT2D eigenvalue weighted by Crippen LogP contribution is -2.52. The molecule has 154 valence electrons. The number of aromatic nitrogens is 1. The second kappa shape index (κ2) is 7.07. The van der Waals surface area contributed by atoms with Crippen LogP contribution in [-0.4, -0.2) is 49.1 Å². The second-order valence-electron chi connectivity index (χ2n) is 8.31. The number of piperidine rings is 1. The average Bonchev–Trinajstić information content (AvgIpc) is 3.11. The van der Waals surface area contributed by atoms with Gasteiger partial charge in [-0.15, -0.1) is 0 Å². The molecule has 0 bridgehead atoms. The first-order valence-corrected chi connectivity index (χ1v) is 10.4. The predicted molar refractivity (Wildman–Crippen MR) is 110 cm³/mol. The number of hydrazine groups is 1. The van der Waals surface area contributed by atoms with Crippen LogP contribution in [0.5, 0.6) is 5.75 Å². The van der Waals surface area contributed by atoms with Gasteiger partial charge in [-0.05, 0) is 37.5 Å². The number of carbonyl (C=O) groups is 1. The molecule has 2 unspecified atom stereocenters. The molecule has 1 fully saturated rings. The van der Waals surface area contributed by atoms with E-state index in [9.17, 15) is 4.79 Å². The molecule has 4 heterocycles. The van der Waals surface area contributed by atoms with Gasteiger partial charge in [0.1, 0.15) is 5.75 Å². The zero-order valence-electron chi connectivity index (χ0n) is 17.1. The summed E-state index contributed by atoms with van der Waals surface area (Å²) in [5.74, 6) is 1.27. The molecule has 5 rings (SSSR count). The van der Waals surface area contributed by atoms with Gasteiger partial charge in [0, 0.05) is 54.6 Å². The normalized spacial score (nSPS) is 28.6. The molecular formula is C22H28N4O3. The molecule has 1 aromatic heterocycles. The smallest absolute Gasteiger partial charge is 0.264 e. The van der Waals surface area contributed by atoms with Crippen LogP contribution in [0.25, 0.3) is 10.9 Å². The largest absolute Gasteiger partial charge is 0.497 e. The molecular weight excluding hydrogens is 368 g/mol. The number of aromatic amines is 1. The highest BCUT2D eigenvalue weighted by atomic mass is 16.5. The van der Waals surface area contributed by atoms with Crippen LogP contribution in [0.3, 0.4) is 0 Å². The van der Waals surface area contributed by atoms with Crippen LogP contribution in [0.15, 0.2) is 30.0 Å². The van der Waals surface area contributed by atoms with Crippen molar-refractivity contribution in [2.75, 3.05) is 27.2 Å². The quantitative estimate of drug-likeness (QED) is 0.694. The number of nitrogens with one attached hydrogen (secondary N) is 3. The Morgan fingerprint density at radius 3 is 3.03 bits per heavy atom. The van der Waals surface area contributed by atoms with Gasteiger partial charge in [0.05, 0.1) is 31.1 Å². The van der Waals surface area contributed by atoms with Crippen molar-refractivity contribution in [1.29, 1.82) is 0 Å². The van der Waals surface area contributed by atoms with Gasteiger partial charge in [-0.1, -0.05) is 0 Å². The maximum Gasteiger partial charge on any atom is 0.264 e. The molecule has 1 amide bonds. The number of H-pyrrole nitrogens is 1. The van der Waals surface area contributed by atoms with E-state index in [1.165, 1.54) is 16.6 Å². The first-order chi connectivity index (χ1) is 14.1. The van der Waals surface area contributed by atoms with Gasteiger partial charge in [-0.2, -0.15) is 0 Å². The van der Waals surface area contributed by atoms with E-state index in [4.69, 9.17) is 9.47 Å². The summed E-state index contributed by atoms with van der Waals surface area (Å²) in [5.41, 5.74) is 10.0. The minimum atomic E-state index is -0.0970. The maximum atomic E-state index is 12.6. The number of fused-ring (bicyclic) bond motifs is 6. The Hall–Kier alpha value is -2.51. The minimum absolute atomic E-state index is 0.0970. The van der Waals surface area contributed by atoms with Gasteiger partial charge in [0.2, 0.25) is 0 Å². The van der Waals surface area contributed by atoms with E-state index >= 15 is 0 Å². The standard InChI is InChI=1S/C22H28N4O3/c1-12-17-10-26-7-6-15-14-5-4-13(28-3)8-19(14)24-21(15)20(26)9-16(17)18(11-29-12)22(27)25-23-2/h4-5,8,11-12,16-17,20,23-24H,6-7,9-10H2,1-3H3,(H,25,27)/t12-,16?,17+,20?/m0/s1. The molecule has 7 nitrogen and oxygen atoms in total.